The zero-order chi connectivity index (χ0) is 16.8. The summed E-state index contributed by atoms with van der Waals surface area (Å²) in [6.07, 6.45) is 1.60. The number of nitrogens with one attached hydrogen (secondary N) is 1. The molecular weight excluding hydrogens is 366 g/mol. The van der Waals surface area contributed by atoms with Crippen molar-refractivity contribution in [2.75, 3.05) is 20.3 Å². The summed E-state index contributed by atoms with van der Waals surface area (Å²) in [4.78, 5) is 23.7. The van der Waals surface area contributed by atoms with Crippen molar-refractivity contribution in [3.8, 4) is 5.75 Å². The van der Waals surface area contributed by atoms with E-state index in [0.29, 0.717) is 24.5 Å². The largest absolute Gasteiger partial charge is 0.496 e. The van der Waals surface area contributed by atoms with Crippen LogP contribution in [-0.2, 0) is 20.7 Å². The molecule has 126 valence electrons. The molecule has 0 spiro atoms. The van der Waals surface area contributed by atoms with Gasteiger partial charge in [-0.1, -0.05) is 15.9 Å². The van der Waals surface area contributed by atoms with Gasteiger partial charge in [0.1, 0.15) is 11.8 Å². The Morgan fingerprint density at radius 1 is 1.52 bits per heavy atom. The van der Waals surface area contributed by atoms with E-state index in [2.05, 4.69) is 21.2 Å². The summed E-state index contributed by atoms with van der Waals surface area (Å²) in [6.45, 7) is 1.00. The van der Waals surface area contributed by atoms with Gasteiger partial charge >= 0.3 is 5.97 Å². The van der Waals surface area contributed by atoms with Crippen molar-refractivity contribution in [2.45, 2.75) is 25.3 Å². The van der Waals surface area contributed by atoms with E-state index in [1.807, 2.05) is 6.07 Å². The highest BCUT2D eigenvalue weighted by Gasteiger charge is 2.31. The quantitative estimate of drug-likeness (QED) is 0.781. The van der Waals surface area contributed by atoms with Gasteiger partial charge in [-0.25, -0.2) is 4.79 Å². The maximum atomic E-state index is 12.3. The number of ether oxygens (including phenoxy) is 2. The first-order valence-electron chi connectivity index (χ1n) is 7.43. The molecule has 1 aromatic rings. The van der Waals surface area contributed by atoms with Crippen LogP contribution in [0.1, 0.15) is 18.4 Å². The lowest BCUT2D eigenvalue weighted by Crippen LogP contribution is -2.48. The van der Waals surface area contributed by atoms with Crippen LogP contribution in [0.2, 0.25) is 0 Å². The van der Waals surface area contributed by atoms with Crippen LogP contribution in [0.15, 0.2) is 22.7 Å². The third-order valence-electron chi connectivity index (χ3n) is 3.84. The summed E-state index contributed by atoms with van der Waals surface area (Å²) < 4.78 is 11.4. The van der Waals surface area contributed by atoms with Crippen molar-refractivity contribution < 1.29 is 24.2 Å². The van der Waals surface area contributed by atoms with Crippen molar-refractivity contribution in [1.82, 2.24) is 5.32 Å². The fraction of sp³-hybridized carbons (Fsp3) is 0.500. The minimum Gasteiger partial charge on any atom is -0.496 e. The summed E-state index contributed by atoms with van der Waals surface area (Å²) in [7, 11) is 1.53. The highest BCUT2D eigenvalue weighted by Crippen LogP contribution is 2.24. The zero-order valence-corrected chi connectivity index (χ0v) is 14.5. The standard InChI is InChI=1S/C16H20BrNO5/c1-22-13-5-4-12(17)7-11(13)8-14(19)18-15(16(20)21)10-3-2-6-23-9-10/h4-5,7,10,15H,2-3,6,8-9H2,1H3,(H,18,19)(H,20,21). The van der Waals surface area contributed by atoms with E-state index in [1.165, 1.54) is 7.11 Å². The maximum Gasteiger partial charge on any atom is 0.326 e. The molecule has 1 aromatic carbocycles. The van der Waals surface area contributed by atoms with Crippen molar-refractivity contribution in [3.63, 3.8) is 0 Å². The number of carboxylic acid groups (broad SMARTS) is 1. The molecule has 2 N–H and O–H groups in total. The molecule has 2 atom stereocenters. The molecule has 2 rings (SSSR count). The summed E-state index contributed by atoms with van der Waals surface area (Å²) in [6, 6.07) is 4.44. The van der Waals surface area contributed by atoms with Crippen LogP contribution in [0.4, 0.5) is 0 Å². The summed E-state index contributed by atoms with van der Waals surface area (Å²) >= 11 is 3.35. The fourth-order valence-electron chi connectivity index (χ4n) is 2.69. The van der Waals surface area contributed by atoms with Crippen LogP contribution in [0.3, 0.4) is 0 Å². The number of aliphatic carboxylic acids is 1. The van der Waals surface area contributed by atoms with Crippen molar-refractivity contribution in [3.05, 3.63) is 28.2 Å². The third-order valence-corrected chi connectivity index (χ3v) is 4.34. The van der Waals surface area contributed by atoms with Gasteiger partial charge in [-0.2, -0.15) is 0 Å². The average Bonchev–Trinajstić information content (AvgIpc) is 2.53. The second-order valence-electron chi connectivity index (χ2n) is 5.49. The number of benzene rings is 1. The topological polar surface area (TPSA) is 84.9 Å². The second kappa shape index (κ2) is 8.31. The van der Waals surface area contributed by atoms with E-state index in [-0.39, 0.29) is 18.2 Å². The van der Waals surface area contributed by atoms with Crippen LogP contribution < -0.4 is 10.1 Å². The number of carbonyl (C=O) groups is 2. The molecule has 0 saturated carbocycles. The van der Waals surface area contributed by atoms with Crippen LogP contribution in [0.5, 0.6) is 5.75 Å². The number of hydrogen-bond acceptors (Lipinski definition) is 4. The Hall–Kier alpha value is -1.60. The van der Waals surface area contributed by atoms with Crippen LogP contribution in [0, 0.1) is 5.92 Å². The molecule has 0 bridgehead atoms. The molecule has 7 heteroatoms. The predicted octanol–water partition coefficient (Wildman–Crippen LogP) is 2.00. The number of methoxy groups -OCH3 is 1. The molecule has 6 nitrogen and oxygen atoms in total. The zero-order valence-electron chi connectivity index (χ0n) is 12.9. The Labute approximate surface area is 143 Å². The number of carbonyl (C=O) groups excluding carboxylic acids is 1. The van der Waals surface area contributed by atoms with Gasteiger partial charge in [-0.3, -0.25) is 4.79 Å². The molecular formula is C16H20BrNO5. The van der Waals surface area contributed by atoms with E-state index in [1.54, 1.807) is 12.1 Å². The van der Waals surface area contributed by atoms with Gasteiger partial charge in [-0.15, -0.1) is 0 Å². The van der Waals surface area contributed by atoms with E-state index in [0.717, 1.165) is 17.3 Å². The van der Waals surface area contributed by atoms with Crippen LogP contribution >= 0.6 is 15.9 Å². The fourth-order valence-corrected chi connectivity index (χ4v) is 3.10. The number of rotatable bonds is 6. The Morgan fingerprint density at radius 2 is 2.30 bits per heavy atom. The van der Waals surface area contributed by atoms with E-state index < -0.39 is 12.0 Å². The number of amides is 1. The van der Waals surface area contributed by atoms with E-state index in [4.69, 9.17) is 9.47 Å². The highest BCUT2D eigenvalue weighted by molar-refractivity contribution is 9.10. The van der Waals surface area contributed by atoms with Gasteiger partial charge in [0.05, 0.1) is 20.1 Å². The Balaban J connectivity index is 2.04. The lowest BCUT2D eigenvalue weighted by Gasteiger charge is -2.28. The second-order valence-corrected chi connectivity index (χ2v) is 6.41. The molecule has 23 heavy (non-hydrogen) atoms. The van der Waals surface area contributed by atoms with Gasteiger partial charge in [0.2, 0.25) is 5.91 Å². The minimum absolute atomic E-state index is 0.0555. The summed E-state index contributed by atoms with van der Waals surface area (Å²) in [5, 5.41) is 12.0. The molecule has 1 fully saturated rings. The highest BCUT2D eigenvalue weighted by atomic mass is 79.9. The first-order chi connectivity index (χ1) is 11.0. The first kappa shape index (κ1) is 17.7. The smallest absolute Gasteiger partial charge is 0.326 e. The van der Waals surface area contributed by atoms with Gasteiger partial charge < -0.3 is 19.9 Å². The number of halogens is 1. The van der Waals surface area contributed by atoms with Crippen molar-refractivity contribution in [2.24, 2.45) is 5.92 Å². The van der Waals surface area contributed by atoms with Crippen LogP contribution in [-0.4, -0.2) is 43.3 Å². The molecule has 2 unspecified atom stereocenters. The molecule has 1 saturated heterocycles. The number of hydrogen-bond donors (Lipinski definition) is 2. The lowest BCUT2D eigenvalue weighted by molar-refractivity contribution is -0.145. The van der Waals surface area contributed by atoms with Crippen LogP contribution in [0.25, 0.3) is 0 Å². The van der Waals surface area contributed by atoms with Gasteiger partial charge in [0.15, 0.2) is 0 Å². The van der Waals surface area contributed by atoms with E-state index >= 15 is 0 Å². The number of carboxylic acids is 1. The van der Waals surface area contributed by atoms with Gasteiger partial charge in [-0.05, 0) is 31.0 Å². The first-order valence-corrected chi connectivity index (χ1v) is 8.23. The van der Waals surface area contributed by atoms with Crippen molar-refractivity contribution >= 4 is 27.8 Å². The lowest BCUT2D eigenvalue weighted by atomic mass is 9.93. The minimum atomic E-state index is -1.03. The summed E-state index contributed by atoms with van der Waals surface area (Å²) in [5.74, 6) is -0.986. The van der Waals surface area contributed by atoms with Gasteiger partial charge in [0.25, 0.3) is 0 Å². The molecule has 1 amide bonds. The molecule has 0 radical (unpaired) electrons. The SMILES string of the molecule is COc1ccc(Br)cc1CC(=O)NC(C(=O)O)C1CCCOC1. The average molecular weight is 386 g/mol. The molecule has 1 aliphatic heterocycles. The Morgan fingerprint density at radius 3 is 2.91 bits per heavy atom. The molecule has 1 aliphatic rings. The predicted molar refractivity (Wildman–Crippen MR) is 87.5 cm³/mol. The molecule has 0 aliphatic carbocycles. The third kappa shape index (κ3) is 4.94. The molecule has 1 heterocycles. The maximum absolute atomic E-state index is 12.3. The normalized spacial score (nSPS) is 19.0. The Bertz CT molecular complexity index is 572. The monoisotopic (exact) mass is 385 g/mol. The van der Waals surface area contributed by atoms with Gasteiger partial charge in [0, 0.05) is 22.6 Å². The Kier molecular flexibility index (Phi) is 6.41. The molecule has 0 aromatic heterocycles. The summed E-state index contributed by atoms with van der Waals surface area (Å²) in [5.41, 5.74) is 0.698. The van der Waals surface area contributed by atoms with E-state index in [9.17, 15) is 14.7 Å². The van der Waals surface area contributed by atoms with Crippen molar-refractivity contribution in [1.29, 1.82) is 0 Å².